The summed E-state index contributed by atoms with van der Waals surface area (Å²) in [5, 5.41) is 11.5. The fraction of sp³-hybridized carbons (Fsp3) is 0.111. The molecular formula is C18H13ClN4O3. The molecule has 0 unspecified atom stereocenters. The molecule has 0 saturated carbocycles. The van der Waals surface area contributed by atoms with Gasteiger partial charge in [0.25, 0.3) is 5.91 Å². The van der Waals surface area contributed by atoms with Crippen molar-refractivity contribution in [2.24, 2.45) is 0 Å². The molecule has 0 radical (unpaired) electrons. The molecule has 1 aromatic carbocycles. The molecule has 0 fully saturated rings. The van der Waals surface area contributed by atoms with Gasteiger partial charge in [0.1, 0.15) is 5.69 Å². The zero-order chi connectivity index (χ0) is 18.1. The number of amides is 1. The fourth-order valence-electron chi connectivity index (χ4n) is 2.61. The van der Waals surface area contributed by atoms with Crippen molar-refractivity contribution >= 4 is 28.4 Å². The van der Waals surface area contributed by atoms with E-state index in [4.69, 9.17) is 20.4 Å². The Bertz CT molecular complexity index is 1090. The summed E-state index contributed by atoms with van der Waals surface area (Å²) in [5.74, 6) is 1.02. The number of pyridine rings is 1. The summed E-state index contributed by atoms with van der Waals surface area (Å²) in [5.41, 5.74) is 1.48. The molecule has 0 saturated heterocycles. The molecule has 0 aliphatic rings. The SMILES string of the molecule is Cc1nnc(CNC(=O)c2cc(-c3ccco3)nc3c(Cl)cccc23)o1. The van der Waals surface area contributed by atoms with Gasteiger partial charge >= 0.3 is 0 Å². The molecule has 7 nitrogen and oxygen atoms in total. The van der Waals surface area contributed by atoms with Gasteiger partial charge in [0, 0.05) is 12.3 Å². The Labute approximate surface area is 153 Å². The van der Waals surface area contributed by atoms with E-state index in [1.54, 1.807) is 49.6 Å². The maximum atomic E-state index is 12.8. The Hall–Kier alpha value is -3.19. The molecule has 3 aromatic heterocycles. The second kappa shape index (κ2) is 6.61. The van der Waals surface area contributed by atoms with Crippen LogP contribution in [0.25, 0.3) is 22.4 Å². The highest BCUT2D eigenvalue weighted by Gasteiger charge is 2.17. The molecule has 130 valence electrons. The van der Waals surface area contributed by atoms with Gasteiger partial charge in [-0.3, -0.25) is 4.79 Å². The minimum Gasteiger partial charge on any atom is -0.463 e. The van der Waals surface area contributed by atoms with Gasteiger partial charge < -0.3 is 14.2 Å². The molecule has 1 amide bonds. The van der Waals surface area contributed by atoms with Crippen LogP contribution >= 0.6 is 11.6 Å². The lowest BCUT2D eigenvalue weighted by Gasteiger charge is -2.09. The Morgan fingerprint density at radius 1 is 1.23 bits per heavy atom. The Morgan fingerprint density at radius 3 is 2.85 bits per heavy atom. The van der Waals surface area contributed by atoms with E-state index in [9.17, 15) is 4.79 Å². The van der Waals surface area contributed by atoms with Gasteiger partial charge in [-0.05, 0) is 24.3 Å². The monoisotopic (exact) mass is 368 g/mol. The lowest BCUT2D eigenvalue weighted by Crippen LogP contribution is -2.23. The largest absolute Gasteiger partial charge is 0.463 e. The quantitative estimate of drug-likeness (QED) is 0.589. The molecule has 0 aliphatic carbocycles. The van der Waals surface area contributed by atoms with Crippen molar-refractivity contribution in [3.8, 4) is 11.5 Å². The van der Waals surface area contributed by atoms with E-state index < -0.39 is 0 Å². The molecule has 1 N–H and O–H groups in total. The van der Waals surface area contributed by atoms with Gasteiger partial charge in [0.05, 0.1) is 28.9 Å². The van der Waals surface area contributed by atoms with Gasteiger partial charge in [-0.15, -0.1) is 10.2 Å². The predicted molar refractivity (Wildman–Crippen MR) is 94.7 cm³/mol. The second-order valence-corrected chi connectivity index (χ2v) is 5.97. The van der Waals surface area contributed by atoms with E-state index in [2.05, 4.69) is 20.5 Å². The first-order chi connectivity index (χ1) is 12.6. The highest BCUT2D eigenvalue weighted by atomic mass is 35.5. The standard InChI is InChI=1S/C18H13ClN4O3/c1-10-22-23-16(26-10)9-20-18(24)12-8-14(15-6-3-7-25-15)21-17-11(12)4-2-5-13(17)19/h2-8H,9H2,1H3,(H,20,24). The summed E-state index contributed by atoms with van der Waals surface area (Å²) in [7, 11) is 0. The zero-order valence-corrected chi connectivity index (χ0v) is 14.4. The summed E-state index contributed by atoms with van der Waals surface area (Å²) < 4.78 is 10.7. The number of nitrogens with one attached hydrogen (secondary N) is 1. The van der Waals surface area contributed by atoms with Crippen LogP contribution in [0.1, 0.15) is 22.1 Å². The summed E-state index contributed by atoms with van der Waals surface area (Å²) in [6.07, 6.45) is 1.55. The maximum Gasteiger partial charge on any atom is 0.252 e. The van der Waals surface area contributed by atoms with Gasteiger partial charge in [0.2, 0.25) is 11.8 Å². The molecule has 0 aliphatic heterocycles. The van der Waals surface area contributed by atoms with E-state index in [0.29, 0.717) is 44.7 Å². The molecule has 8 heteroatoms. The number of hydrogen-bond donors (Lipinski definition) is 1. The number of carbonyl (C=O) groups is 1. The van der Waals surface area contributed by atoms with Crippen LogP contribution in [0.15, 0.2) is 51.5 Å². The number of rotatable bonds is 4. The Balaban J connectivity index is 1.74. The van der Waals surface area contributed by atoms with Gasteiger partial charge in [0.15, 0.2) is 5.76 Å². The first kappa shape index (κ1) is 16.3. The van der Waals surface area contributed by atoms with Crippen molar-refractivity contribution in [2.75, 3.05) is 0 Å². The number of hydrogen-bond acceptors (Lipinski definition) is 6. The minimum absolute atomic E-state index is 0.125. The van der Waals surface area contributed by atoms with Crippen molar-refractivity contribution < 1.29 is 13.6 Å². The third-order valence-electron chi connectivity index (χ3n) is 3.78. The van der Waals surface area contributed by atoms with Crippen LogP contribution in [-0.2, 0) is 6.54 Å². The normalized spacial score (nSPS) is 11.0. The fourth-order valence-corrected chi connectivity index (χ4v) is 2.83. The third-order valence-corrected chi connectivity index (χ3v) is 4.08. The number of benzene rings is 1. The van der Waals surface area contributed by atoms with Crippen LogP contribution in [0.4, 0.5) is 0 Å². The first-order valence-electron chi connectivity index (χ1n) is 7.82. The lowest BCUT2D eigenvalue weighted by atomic mass is 10.1. The maximum absolute atomic E-state index is 12.8. The average Bonchev–Trinajstić information content (AvgIpc) is 3.31. The number of nitrogens with zero attached hydrogens (tertiary/aromatic N) is 3. The van der Waals surface area contributed by atoms with Crippen LogP contribution < -0.4 is 5.32 Å². The molecular weight excluding hydrogens is 356 g/mol. The highest BCUT2D eigenvalue weighted by Crippen LogP contribution is 2.29. The van der Waals surface area contributed by atoms with E-state index in [1.807, 2.05) is 0 Å². The number of carbonyl (C=O) groups excluding carboxylic acids is 1. The average molecular weight is 369 g/mol. The van der Waals surface area contributed by atoms with Crippen LogP contribution in [0, 0.1) is 6.92 Å². The van der Waals surface area contributed by atoms with Crippen LogP contribution in [0.5, 0.6) is 0 Å². The van der Waals surface area contributed by atoms with Crippen molar-refractivity contribution in [1.82, 2.24) is 20.5 Å². The number of fused-ring (bicyclic) bond motifs is 1. The van der Waals surface area contributed by atoms with Crippen LogP contribution in [0.3, 0.4) is 0 Å². The lowest BCUT2D eigenvalue weighted by molar-refractivity contribution is 0.0948. The van der Waals surface area contributed by atoms with Crippen molar-refractivity contribution in [1.29, 1.82) is 0 Å². The highest BCUT2D eigenvalue weighted by molar-refractivity contribution is 6.35. The number of aryl methyl sites for hydroxylation is 1. The molecule has 0 atom stereocenters. The third kappa shape index (κ3) is 3.04. The van der Waals surface area contributed by atoms with E-state index >= 15 is 0 Å². The van der Waals surface area contributed by atoms with Crippen molar-refractivity contribution in [3.05, 3.63) is 65.0 Å². The minimum atomic E-state index is -0.302. The van der Waals surface area contributed by atoms with E-state index in [1.165, 1.54) is 0 Å². The topological polar surface area (TPSA) is 94.1 Å². The summed E-state index contributed by atoms with van der Waals surface area (Å²) >= 11 is 6.28. The first-order valence-corrected chi connectivity index (χ1v) is 8.20. The van der Waals surface area contributed by atoms with Crippen molar-refractivity contribution in [3.63, 3.8) is 0 Å². The molecule has 0 bridgehead atoms. The van der Waals surface area contributed by atoms with Gasteiger partial charge in [-0.25, -0.2) is 4.98 Å². The smallest absolute Gasteiger partial charge is 0.252 e. The number of furan rings is 1. The second-order valence-electron chi connectivity index (χ2n) is 5.57. The zero-order valence-electron chi connectivity index (χ0n) is 13.7. The number of para-hydroxylation sites is 1. The number of aromatic nitrogens is 3. The molecule has 3 heterocycles. The molecule has 4 rings (SSSR count). The molecule has 4 aromatic rings. The van der Waals surface area contributed by atoms with Crippen LogP contribution in [0.2, 0.25) is 5.02 Å². The van der Waals surface area contributed by atoms with E-state index in [-0.39, 0.29) is 12.5 Å². The molecule has 26 heavy (non-hydrogen) atoms. The Kier molecular flexibility index (Phi) is 4.14. The number of halogens is 1. The van der Waals surface area contributed by atoms with Gasteiger partial charge in [-0.1, -0.05) is 23.7 Å². The van der Waals surface area contributed by atoms with Gasteiger partial charge in [-0.2, -0.15) is 0 Å². The molecule has 0 spiro atoms. The van der Waals surface area contributed by atoms with E-state index in [0.717, 1.165) is 0 Å². The van der Waals surface area contributed by atoms with Crippen molar-refractivity contribution in [2.45, 2.75) is 13.5 Å². The summed E-state index contributed by atoms with van der Waals surface area (Å²) in [4.78, 5) is 17.3. The summed E-state index contributed by atoms with van der Waals surface area (Å²) in [6.45, 7) is 1.81. The Morgan fingerprint density at radius 2 is 2.12 bits per heavy atom. The van der Waals surface area contributed by atoms with Crippen LogP contribution in [-0.4, -0.2) is 21.1 Å². The summed E-state index contributed by atoms with van der Waals surface area (Å²) in [6, 6.07) is 10.5. The predicted octanol–water partition coefficient (Wildman–Crippen LogP) is 3.77.